The van der Waals surface area contributed by atoms with E-state index in [1.54, 1.807) is 4.68 Å². The lowest BCUT2D eigenvalue weighted by atomic mass is 9.85. The Morgan fingerprint density at radius 3 is 2.44 bits per heavy atom. The van der Waals surface area contributed by atoms with E-state index in [9.17, 15) is 0 Å². The SMILES string of the molecule is CN(C)C1(C(NN)c2c(Br)nnn2C)CCCC1. The third kappa shape index (κ3) is 2.09. The maximum absolute atomic E-state index is 5.84. The fraction of sp³-hybridized carbons (Fsp3) is 0.818. The van der Waals surface area contributed by atoms with E-state index < -0.39 is 0 Å². The number of halogens is 1. The molecule has 18 heavy (non-hydrogen) atoms. The van der Waals surface area contributed by atoms with Crippen LogP contribution in [0.4, 0.5) is 0 Å². The Hall–Kier alpha value is -0.500. The van der Waals surface area contributed by atoms with Crippen LogP contribution in [-0.4, -0.2) is 39.5 Å². The third-order valence-electron chi connectivity index (χ3n) is 4.16. The van der Waals surface area contributed by atoms with Crippen LogP contribution in [0.25, 0.3) is 0 Å². The first-order valence-electron chi connectivity index (χ1n) is 6.21. The molecule has 2 rings (SSSR count). The molecule has 7 heteroatoms. The molecule has 0 amide bonds. The minimum absolute atomic E-state index is 0.0179. The molecule has 0 radical (unpaired) electrons. The van der Waals surface area contributed by atoms with Crippen molar-refractivity contribution in [1.29, 1.82) is 0 Å². The van der Waals surface area contributed by atoms with E-state index >= 15 is 0 Å². The lowest BCUT2D eigenvalue weighted by Gasteiger charge is -2.42. The van der Waals surface area contributed by atoms with Gasteiger partial charge in [0.05, 0.1) is 11.7 Å². The zero-order chi connectivity index (χ0) is 13.3. The molecule has 3 N–H and O–H groups in total. The molecule has 0 bridgehead atoms. The maximum Gasteiger partial charge on any atom is 0.153 e. The second-order valence-corrected chi connectivity index (χ2v) is 5.95. The summed E-state index contributed by atoms with van der Waals surface area (Å²) >= 11 is 3.47. The lowest BCUT2D eigenvalue weighted by Crippen LogP contribution is -2.54. The smallest absolute Gasteiger partial charge is 0.153 e. The number of hydrogen-bond donors (Lipinski definition) is 2. The summed E-state index contributed by atoms with van der Waals surface area (Å²) in [6.45, 7) is 0. The molecule has 1 unspecified atom stereocenters. The van der Waals surface area contributed by atoms with Crippen molar-refractivity contribution in [3.05, 3.63) is 10.3 Å². The molecule has 1 aliphatic rings. The van der Waals surface area contributed by atoms with Gasteiger partial charge in [0.25, 0.3) is 0 Å². The molecule has 0 spiro atoms. The number of hydrogen-bond acceptors (Lipinski definition) is 5. The van der Waals surface area contributed by atoms with E-state index in [1.165, 1.54) is 12.8 Å². The number of hydrazine groups is 1. The predicted molar refractivity (Wildman–Crippen MR) is 73.7 cm³/mol. The van der Waals surface area contributed by atoms with E-state index in [2.05, 4.69) is 50.7 Å². The molecule has 1 aromatic rings. The Kier molecular flexibility index (Phi) is 4.05. The van der Waals surface area contributed by atoms with Crippen molar-refractivity contribution in [3.63, 3.8) is 0 Å². The van der Waals surface area contributed by atoms with E-state index in [0.717, 1.165) is 23.1 Å². The zero-order valence-electron chi connectivity index (χ0n) is 11.1. The van der Waals surface area contributed by atoms with Crippen LogP contribution in [0.3, 0.4) is 0 Å². The topological polar surface area (TPSA) is 72.0 Å². The van der Waals surface area contributed by atoms with Crippen molar-refractivity contribution in [3.8, 4) is 0 Å². The van der Waals surface area contributed by atoms with Gasteiger partial charge in [-0.1, -0.05) is 18.1 Å². The minimum atomic E-state index is 0.0179. The van der Waals surface area contributed by atoms with Gasteiger partial charge in [0.2, 0.25) is 0 Å². The van der Waals surface area contributed by atoms with Crippen molar-refractivity contribution in [2.45, 2.75) is 37.3 Å². The Morgan fingerprint density at radius 1 is 1.44 bits per heavy atom. The minimum Gasteiger partial charge on any atom is -0.302 e. The van der Waals surface area contributed by atoms with Crippen LogP contribution < -0.4 is 11.3 Å². The summed E-state index contributed by atoms with van der Waals surface area (Å²) in [5.41, 5.74) is 4.02. The predicted octanol–water partition coefficient (Wildman–Crippen LogP) is 0.956. The van der Waals surface area contributed by atoms with Gasteiger partial charge in [0.1, 0.15) is 0 Å². The second-order valence-electron chi connectivity index (χ2n) is 5.19. The molecule has 1 aromatic heterocycles. The zero-order valence-corrected chi connectivity index (χ0v) is 12.7. The average molecular weight is 317 g/mol. The average Bonchev–Trinajstić information content (AvgIpc) is 2.92. The molecule has 6 nitrogen and oxygen atoms in total. The molecule has 1 fully saturated rings. The second kappa shape index (κ2) is 5.24. The van der Waals surface area contributed by atoms with Crippen molar-refractivity contribution < 1.29 is 0 Å². The van der Waals surface area contributed by atoms with Crippen LogP contribution in [0.15, 0.2) is 4.60 Å². The molecule has 1 aliphatic carbocycles. The molecular formula is C11H21BrN6. The Labute approximate surface area is 116 Å². The molecule has 102 valence electrons. The highest BCUT2D eigenvalue weighted by atomic mass is 79.9. The number of rotatable bonds is 4. The number of nitrogens with one attached hydrogen (secondary N) is 1. The number of aromatic nitrogens is 3. The van der Waals surface area contributed by atoms with Gasteiger partial charge in [0, 0.05) is 12.6 Å². The summed E-state index contributed by atoms with van der Waals surface area (Å²) in [5.74, 6) is 5.84. The van der Waals surface area contributed by atoms with E-state index in [-0.39, 0.29) is 11.6 Å². The van der Waals surface area contributed by atoms with Gasteiger partial charge in [-0.15, -0.1) is 5.10 Å². The molecule has 1 saturated carbocycles. The van der Waals surface area contributed by atoms with Crippen molar-refractivity contribution in [2.75, 3.05) is 14.1 Å². The van der Waals surface area contributed by atoms with Crippen LogP contribution in [-0.2, 0) is 7.05 Å². The molecule has 0 aliphatic heterocycles. The van der Waals surface area contributed by atoms with Gasteiger partial charge in [-0.3, -0.25) is 5.84 Å². The van der Waals surface area contributed by atoms with Gasteiger partial charge in [-0.25, -0.2) is 10.1 Å². The molecule has 0 saturated heterocycles. The van der Waals surface area contributed by atoms with E-state index in [4.69, 9.17) is 5.84 Å². The van der Waals surface area contributed by atoms with Crippen molar-refractivity contribution >= 4 is 15.9 Å². The number of nitrogens with zero attached hydrogens (tertiary/aromatic N) is 4. The highest BCUT2D eigenvalue weighted by Crippen LogP contribution is 2.44. The van der Waals surface area contributed by atoms with Gasteiger partial charge < -0.3 is 4.90 Å². The maximum atomic E-state index is 5.84. The number of likely N-dealkylation sites (N-methyl/N-ethyl adjacent to an activating group) is 1. The summed E-state index contributed by atoms with van der Waals surface area (Å²) in [4.78, 5) is 2.28. The van der Waals surface area contributed by atoms with Crippen LogP contribution in [0, 0.1) is 0 Å². The quantitative estimate of drug-likeness (QED) is 0.639. The van der Waals surface area contributed by atoms with Crippen LogP contribution in [0.5, 0.6) is 0 Å². The molecular weight excluding hydrogens is 296 g/mol. The molecule has 1 atom stereocenters. The first kappa shape index (κ1) is 13.9. The molecule has 0 aromatic carbocycles. The largest absolute Gasteiger partial charge is 0.302 e. The Balaban J connectivity index is 2.44. The Morgan fingerprint density at radius 2 is 2.06 bits per heavy atom. The number of nitrogens with two attached hydrogens (primary N) is 1. The van der Waals surface area contributed by atoms with Gasteiger partial charge in [0.15, 0.2) is 4.60 Å². The number of aryl methyl sites for hydroxylation is 1. The summed E-state index contributed by atoms with van der Waals surface area (Å²) in [6, 6.07) is 0.0179. The normalized spacial score (nSPS) is 20.6. The van der Waals surface area contributed by atoms with Gasteiger partial charge in [-0.05, 0) is 42.9 Å². The Bertz CT molecular complexity index is 390. The highest BCUT2D eigenvalue weighted by molar-refractivity contribution is 9.10. The highest BCUT2D eigenvalue weighted by Gasteiger charge is 2.45. The van der Waals surface area contributed by atoms with Crippen molar-refractivity contribution in [1.82, 2.24) is 25.3 Å². The van der Waals surface area contributed by atoms with Crippen LogP contribution >= 0.6 is 15.9 Å². The first-order chi connectivity index (χ1) is 8.53. The van der Waals surface area contributed by atoms with Gasteiger partial charge in [-0.2, -0.15) is 0 Å². The summed E-state index contributed by atoms with van der Waals surface area (Å²) < 4.78 is 2.55. The van der Waals surface area contributed by atoms with Crippen molar-refractivity contribution in [2.24, 2.45) is 12.9 Å². The summed E-state index contributed by atoms with van der Waals surface area (Å²) in [5, 5.41) is 8.11. The third-order valence-corrected chi connectivity index (χ3v) is 4.73. The first-order valence-corrected chi connectivity index (χ1v) is 7.01. The van der Waals surface area contributed by atoms with E-state index in [1.807, 2.05) is 7.05 Å². The summed E-state index contributed by atoms with van der Waals surface area (Å²) in [6.07, 6.45) is 4.73. The van der Waals surface area contributed by atoms with Crippen LogP contribution in [0.2, 0.25) is 0 Å². The van der Waals surface area contributed by atoms with E-state index in [0.29, 0.717) is 0 Å². The van der Waals surface area contributed by atoms with Crippen LogP contribution in [0.1, 0.15) is 37.4 Å². The fourth-order valence-corrected chi connectivity index (χ4v) is 3.67. The molecule has 1 heterocycles. The standard InChI is InChI=1S/C11H21BrN6/c1-17(2)11(6-4-5-7-11)9(14-13)8-10(12)15-16-18(8)3/h9,14H,4-7,13H2,1-3H3. The lowest BCUT2D eigenvalue weighted by molar-refractivity contribution is 0.100. The van der Waals surface area contributed by atoms with Gasteiger partial charge >= 0.3 is 0 Å². The summed E-state index contributed by atoms with van der Waals surface area (Å²) in [7, 11) is 6.14. The monoisotopic (exact) mass is 316 g/mol. The fourth-order valence-electron chi connectivity index (χ4n) is 3.12.